The van der Waals surface area contributed by atoms with Gasteiger partial charge in [-0.1, -0.05) is 38.8 Å². The fraction of sp³-hybridized carbons (Fsp3) is 0.583. The maximum atomic E-state index is 12.7. The van der Waals surface area contributed by atoms with Crippen LogP contribution >= 0.6 is 12.4 Å². The summed E-state index contributed by atoms with van der Waals surface area (Å²) in [6, 6.07) is 7.10. The van der Waals surface area contributed by atoms with E-state index in [2.05, 4.69) is 20.4 Å². The number of pyridine rings is 2. The first kappa shape index (κ1) is 38.7. The summed E-state index contributed by atoms with van der Waals surface area (Å²) in [5, 5.41) is 0. The minimum absolute atomic E-state index is 0. The SMILES string of the molecule is CCC[C@H](N[S@@](=O)C(C)(C)C)c1cccc(C(F)(F)F)n1.CCC[C@H]([NH3+])c1cccc(C(F)(F)F)n1.Cl.[Cl-]. The molecule has 2 rings (SSSR count). The minimum Gasteiger partial charge on any atom is -1.00 e. The molecule has 38 heavy (non-hydrogen) atoms. The van der Waals surface area contributed by atoms with E-state index in [1.54, 1.807) is 26.8 Å². The molecule has 0 saturated carbocycles. The Kier molecular flexibility index (Phi) is 16.9. The van der Waals surface area contributed by atoms with Crippen LogP contribution in [0.1, 0.15) is 95.2 Å². The zero-order valence-electron chi connectivity index (χ0n) is 21.9. The molecule has 0 aliphatic heterocycles. The number of nitrogens with zero attached hydrogens (tertiary/aromatic N) is 2. The van der Waals surface area contributed by atoms with Crippen LogP contribution in [0.5, 0.6) is 0 Å². The molecule has 0 bridgehead atoms. The van der Waals surface area contributed by atoms with Crippen LogP contribution in [0.4, 0.5) is 26.3 Å². The fourth-order valence-electron chi connectivity index (χ4n) is 3.00. The highest BCUT2D eigenvalue weighted by molar-refractivity contribution is 7.84. The lowest BCUT2D eigenvalue weighted by Gasteiger charge is -2.24. The number of rotatable bonds is 8. The molecule has 4 N–H and O–H groups in total. The first-order valence-electron chi connectivity index (χ1n) is 11.6. The van der Waals surface area contributed by atoms with Crippen LogP contribution in [0, 0.1) is 0 Å². The van der Waals surface area contributed by atoms with Crippen LogP contribution < -0.4 is 22.9 Å². The van der Waals surface area contributed by atoms with Crippen LogP contribution in [0.15, 0.2) is 36.4 Å². The molecule has 3 atom stereocenters. The zero-order valence-corrected chi connectivity index (χ0v) is 24.3. The second kappa shape index (κ2) is 16.6. The van der Waals surface area contributed by atoms with Crippen LogP contribution in [-0.2, 0) is 23.3 Å². The van der Waals surface area contributed by atoms with Crippen molar-refractivity contribution < 1.29 is 48.7 Å². The van der Waals surface area contributed by atoms with Crippen molar-refractivity contribution in [1.82, 2.24) is 14.7 Å². The molecular formula is C24H36Cl2F6N4OS. The highest BCUT2D eigenvalue weighted by atomic mass is 35.5. The average molecular weight is 614 g/mol. The highest BCUT2D eigenvalue weighted by Crippen LogP contribution is 2.30. The van der Waals surface area contributed by atoms with Crippen molar-refractivity contribution in [3.05, 3.63) is 59.2 Å². The molecule has 2 heterocycles. The Labute approximate surface area is 235 Å². The second-order valence-corrected chi connectivity index (χ2v) is 11.2. The smallest absolute Gasteiger partial charge is 0.433 e. The first-order valence-corrected chi connectivity index (χ1v) is 12.7. The molecule has 0 amide bonds. The van der Waals surface area contributed by atoms with Crippen molar-refractivity contribution in [2.45, 2.75) is 89.5 Å². The summed E-state index contributed by atoms with van der Waals surface area (Å²) < 4.78 is 89.7. The molecule has 0 aromatic carbocycles. The predicted octanol–water partition coefficient (Wildman–Crippen LogP) is 3.60. The van der Waals surface area contributed by atoms with Gasteiger partial charge in [0, 0.05) is 6.42 Å². The van der Waals surface area contributed by atoms with Gasteiger partial charge in [-0.3, -0.25) is 0 Å². The van der Waals surface area contributed by atoms with Gasteiger partial charge in [0.25, 0.3) is 0 Å². The van der Waals surface area contributed by atoms with E-state index in [0.717, 1.165) is 31.4 Å². The predicted molar refractivity (Wildman–Crippen MR) is 135 cm³/mol. The van der Waals surface area contributed by atoms with Crippen LogP contribution in [-0.4, -0.2) is 18.9 Å². The second-order valence-electron chi connectivity index (χ2n) is 9.22. The standard InChI is InChI=1S/C14H21F3N2OS.C10H13F3N2.2ClH/c1-5-7-11(19-21(20)13(2,3)4)10-8-6-9-12(18-10)14(15,16)17;1-2-4-7(14)8-5-3-6-9(15-8)10(11,12)13;;/h6,8-9,11,19H,5,7H2,1-4H3;3,5-7H,2,4,14H2,1H3;2*1H/t11-,21-;7-;;/m00../s1. The normalized spacial score (nSPS) is 14.2. The Bertz CT molecular complexity index is 987. The summed E-state index contributed by atoms with van der Waals surface area (Å²) >= 11 is 0. The molecule has 0 saturated heterocycles. The Balaban J connectivity index is 0. The van der Waals surface area contributed by atoms with Crippen LogP contribution in [0.2, 0.25) is 0 Å². The zero-order chi connectivity index (χ0) is 27.7. The van der Waals surface area contributed by atoms with E-state index in [9.17, 15) is 30.6 Å². The Morgan fingerprint density at radius 2 is 1.26 bits per heavy atom. The fourth-order valence-corrected chi connectivity index (χ4v) is 3.85. The molecule has 0 fully saturated rings. The number of hydrogen-bond acceptors (Lipinski definition) is 3. The summed E-state index contributed by atoms with van der Waals surface area (Å²) in [7, 11) is -1.37. The van der Waals surface area contributed by atoms with Crippen LogP contribution in [0.25, 0.3) is 0 Å². The van der Waals surface area contributed by atoms with Gasteiger partial charge in [-0.25, -0.2) is 18.9 Å². The molecule has 220 valence electrons. The van der Waals surface area contributed by atoms with Crippen molar-refractivity contribution in [3.63, 3.8) is 0 Å². The Hall–Kier alpha value is -1.47. The van der Waals surface area contributed by atoms with E-state index < -0.39 is 45.5 Å². The number of quaternary nitrogens is 1. The van der Waals surface area contributed by atoms with Gasteiger partial charge in [-0.15, -0.1) is 12.4 Å². The summed E-state index contributed by atoms with van der Waals surface area (Å²) in [6.07, 6.45) is -5.91. The van der Waals surface area contributed by atoms with Crippen LogP contribution in [0.3, 0.4) is 0 Å². The van der Waals surface area contributed by atoms with Gasteiger partial charge in [-0.2, -0.15) is 26.3 Å². The molecule has 0 radical (unpaired) electrons. The van der Waals surface area contributed by atoms with E-state index in [-0.39, 0.29) is 36.5 Å². The van der Waals surface area contributed by atoms with Gasteiger partial charge in [-0.05, 0) is 51.5 Å². The quantitative estimate of drug-likeness (QED) is 0.447. The molecule has 0 aliphatic carbocycles. The third kappa shape index (κ3) is 13.1. The van der Waals surface area contributed by atoms with Gasteiger partial charge in [0.15, 0.2) is 0 Å². The maximum Gasteiger partial charge on any atom is 0.433 e. The van der Waals surface area contributed by atoms with Crippen molar-refractivity contribution in [3.8, 4) is 0 Å². The lowest BCUT2D eigenvalue weighted by atomic mass is 10.1. The number of halogens is 8. The lowest BCUT2D eigenvalue weighted by molar-refractivity contribution is -0.429. The van der Waals surface area contributed by atoms with Gasteiger partial charge < -0.3 is 18.1 Å². The molecule has 2 aromatic heterocycles. The van der Waals surface area contributed by atoms with E-state index in [1.165, 1.54) is 18.2 Å². The lowest BCUT2D eigenvalue weighted by Crippen LogP contribution is -3.00. The molecule has 0 unspecified atom stereocenters. The van der Waals surface area contributed by atoms with Gasteiger partial charge in [0.05, 0.1) is 33.2 Å². The number of hydrogen-bond donors (Lipinski definition) is 2. The number of alkyl halides is 6. The largest absolute Gasteiger partial charge is 1.00 e. The molecular weight excluding hydrogens is 577 g/mol. The third-order valence-electron chi connectivity index (χ3n) is 4.92. The Morgan fingerprint density at radius 3 is 1.66 bits per heavy atom. The van der Waals surface area contributed by atoms with E-state index in [4.69, 9.17) is 0 Å². The highest BCUT2D eigenvalue weighted by Gasteiger charge is 2.34. The average Bonchev–Trinajstić information content (AvgIpc) is 2.78. The molecule has 0 aliphatic rings. The third-order valence-corrected chi connectivity index (χ3v) is 6.53. The van der Waals surface area contributed by atoms with Crippen molar-refractivity contribution >= 4 is 23.4 Å². The van der Waals surface area contributed by atoms with Crippen molar-refractivity contribution in [2.75, 3.05) is 0 Å². The summed E-state index contributed by atoms with van der Waals surface area (Å²) in [4.78, 5) is 7.25. The summed E-state index contributed by atoms with van der Waals surface area (Å²) in [5.74, 6) is 0. The molecule has 2 aromatic rings. The monoisotopic (exact) mass is 612 g/mol. The van der Waals surface area contributed by atoms with E-state index >= 15 is 0 Å². The van der Waals surface area contributed by atoms with Crippen molar-refractivity contribution in [1.29, 1.82) is 0 Å². The number of nitrogens with one attached hydrogen (secondary N) is 1. The van der Waals surface area contributed by atoms with Gasteiger partial charge >= 0.3 is 12.4 Å². The van der Waals surface area contributed by atoms with Crippen molar-refractivity contribution in [2.24, 2.45) is 0 Å². The van der Waals surface area contributed by atoms with Gasteiger partial charge in [0.2, 0.25) is 0 Å². The maximum absolute atomic E-state index is 12.7. The summed E-state index contributed by atoms with van der Waals surface area (Å²) in [5.41, 5.74) is 2.70. The number of aromatic nitrogens is 2. The van der Waals surface area contributed by atoms with E-state index in [1.807, 2.05) is 13.8 Å². The van der Waals surface area contributed by atoms with Gasteiger partial charge in [0.1, 0.15) is 17.4 Å². The topological polar surface area (TPSA) is 82.5 Å². The minimum atomic E-state index is -4.48. The Morgan fingerprint density at radius 1 is 0.842 bits per heavy atom. The molecule has 0 spiro atoms. The summed E-state index contributed by atoms with van der Waals surface area (Å²) in [6.45, 7) is 9.30. The van der Waals surface area contributed by atoms with E-state index in [0.29, 0.717) is 12.1 Å². The first-order chi connectivity index (χ1) is 16.5. The molecule has 14 heteroatoms. The molecule has 5 nitrogen and oxygen atoms in total.